The smallest absolute Gasteiger partial charge is 0.329 e. The summed E-state index contributed by atoms with van der Waals surface area (Å²) in [6.45, 7) is 1.73. The molecule has 3 aromatic carbocycles. The molecule has 0 spiro atoms. The van der Waals surface area contributed by atoms with Gasteiger partial charge in [0.2, 0.25) is 5.91 Å². The maximum atomic E-state index is 12.7. The zero-order valence-corrected chi connectivity index (χ0v) is 15.3. The summed E-state index contributed by atoms with van der Waals surface area (Å²) in [6.07, 6.45) is 0. The number of amides is 1. The van der Waals surface area contributed by atoms with Crippen LogP contribution < -0.4 is 16.6 Å². The number of H-pyrrole nitrogens is 1. The molecule has 1 amide bonds. The highest BCUT2D eigenvalue weighted by molar-refractivity contribution is 5.87. The molecule has 0 radical (unpaired) electrons. The fourth-order valence-corrected chi connectivity index (χ4v) is 3.54. The second-order valence-corrected chi connectivity index (χ2v) is 6.72. The molecule has 140 valence electrons. The van der Waals surface area contributed by atoms with Gasteiger partial charge >= 0.3 is 5.69 Å². The van der Waals surface area contributed by atoms with E-state index in [1.54, 1.807) is 24.3 Å². The minimum atomic E-state index is -0.600. The molecule has 0 saturated carbocycles. The first-order chi connectivity index (χ1) is 13.5. The fraction of sp³-hybridized carbons (Fsp3) is 0.136. The van der Waals surface area contributed by atoms with Gasteiger partial charge in [0.05, 0.1) is 16.9 Å². The van der Waals surface area contributed by atoms with Crippen molar-refractivity contribution >= 4 is 27.6 Å². The van der Waals surface area contributed by atoms with E-state index in [2.05, 4.69) is 10.3 Å². The number of nitrogens with zero attached hydrogens (tertiary/aromatic N) is 1. The van der Waals surface area contributed by atoms with Crippen LogP contribution in [0.2, 0.25) is 0 Å². The number of carbonyl (C=O) groups excluding carboxylic acids is 1. The summed E-state index contributed by atoms with van der Waals surface area (Å²) in [7, 11) is 0. The van der Waals surface area contributed by atoms with Gasteiger partial charge in [0, 0.05) is 0 Å². The van der Waals surface area contributed by atoms with Gasteiger partial charge in [-0.25, -0.2) is 4.79 Å². The number of carbonyl (C=O) groups is 1. The van der Waals surface area contributed by atoms with Crippen molar-refractivity contribution in [3.05, 3.63) is 93.1 Å². The van der Waals surface area contributed by atoms with Gasteiger partial charge < -0.3 is 5.32 Å². The monoisotopic (exact) mass is 373 g/mol. The second-order valence-electron chi connectivity index (χ2n) is 6.72. The van der Waals surface area contributed by atoms with Gasteiger partial charge in [-0.15, -0.1) is 0 Å². The molecule has 0 fully saturated rings. The molecule has 0 aliphatic heterocycles. The van der Waals surface area contributed by atoms with Crippen LogP contribution in [0.3, 0.4) is 0 Å². The molecule has 0 aliphatic rings. The van der Waals surface area contributed by atoms with Crippen molar-refractivity contribution in [2.24, 2.45) is 0 Å². The van der Waals surface area contributed by atoms with Crippen LogP contribution in [0.1, 0.15) is 18.5 Å². The van der Waals surface area contributed by atoms with Gasteiger partial charge in [0.25, 0.3) is 5.56 Å². The summed E-state index contributed by atoms with van der Waals surface area (Å²) < 4.78 is 1.28. The third-order valence-corrected chi connectivity index (χ3v) is 4.87. The van der Waals surface area contributed by atoms with Gasteiger partial charge in [0.1, 0.15) is 6.54 Å². The Morgan fingerprint density at radius 1 is 0.964 bits per heavy atom. The number of nitrogens with one attached hydrogen (secondary N) is 2. The van der Waals surface area contributed by atoms with Crippen LogP contribution in [-0.2, 0) is 11.3 Å². The standard InChI is InChI=1S/C22H19N3O3/c1-14(16-11-6-8-15-7-2-3-9-17(15)16)23-20(26)13-25-19-12-5-4-10-18(19)21(27)24-22(25)28/h2-12,14H,13H2,1H3,(H,23,26)(H,24,27,28). The van der Waals surface area contributed by atoms with E-state index in [1.807, 2.05) is 49.4 Å². The number of aromatic amines is 1. The highest BCUT2D eigenvalue weighted by atomic mass is 16.2. The number of aromatic nitrogens is 2. The van der Waals surface area contributed by atoms with Crippen LogP contribution in [0.4, 0.5) is 0 Å². The molecular weight excluding hydrogens is 354 g/mol. The Morgan fingerprint density at radius 2 is 1.64 bits per heavy atom. The van der Waals surface area contributed by atoms with Gasteiger partial charge in [0.15, 0.2) is 0 Å². The molecule has 0 bridgehead atoms. The Morgan fingerprint density at radius 3 is 2.46 bits per heavy atom. The number of rotatable bonds is 4. The SMILES string of the molecule is CC(NC(=O)Cn1c(=O)[nH]c(=O)c2ccccc21)c1cccc2ccccc12. The van der Waals surface area contributed by atoms with Crippen molar-refractivity contribution in [1.82, 2.24) is 14.9 Å². The number of hydrogen-bond acceptors (Lipinski definition) is 3. The van der Waals surface area contributed by atoms with Crippen molar-refractivity contribution in [3.8, 4) is 0 Å². The van der Waals surface area contributed by atoms with E-state index >= 15 is 0 Å². The lowest BCUT2D eigenvalue weighted by Gasteiger charge is -2.17. The lowest BCUT2D eigenvalue weighted by Crippen LogP contribution is -2.37. The molecule has 28 heavy (non-hydrogen) atoms. The van der Waals surface area contributed by atoms with Gasteiger partial charge in [-0.3, -0.25) is 19.1 Å². The van der Waals surface area contributed by atoms with E-state index in [1.165, 1.54) is 4.57 Å². The molecule has 4 aromatic rings. The quantitative estimate of drug-likeness (QED) is 0.577. The van der Waals surface area contributed by atoms with Crippen LogP contribution >= 0.6 is 0 Å². The topological polar surface area (TPSA) is 84.0 Å². The van der Waals surface area contributed by atoms with E-state index in [-0.39, 0.29) is 18.5 Å². The number of para-hydroxylation sites is 1. The van der Waals surface area contributed by atoms with E-state index < -0.39 is 11.2 Å². The third-order valence-electron chi connectivity index (χ3n) is 4.87. The summed E-state index contributed by atoms with van der Waals surface area (Å²) in [5, 5.41) is 5.50. The normalized spacial score (nSPS) is 12.2. The van der Waals surface area contributed by atoms with Crippen molar-refractivity contribution in [3.63, 3.8) is 0 Å². The van der Waals surface area contributed by atoms with Crippen LogP contribution in [0.15, 0.2) is 76.3 Å². The summed E-state index contributed by atoms with van der Waals surface area (Å²) in [5.41, 5.74) is 0.382. The predicted octanol–water partition coefficient (Wildman–Crippen LogP) is 2.72. The van der Waals surface area contributed by atoms with E-state index in [9.17, 15) is 14.4 Å². The van der Waals surface area contributed by atoms with Crippen LogP contribution in [0, 0.1) is 0 Å². The third kappa shape index (κ3) is 3.20. The van der Waals surface area contributed by atoms with Gasteiger partial charge in [-0.1, -0.05) is 54.6 Å². The molecule has 6 heteroatoms. The summed E-state index contributed by atoms with van der Waals surface area (Å²) in [4.78, 5) is 39.1. The Bertz CT molecular complexity index is 1300. The molecule has 6 nitrogen and oxygen atoms in total. The highest BCUT2D eigenvalue weighted by Crippen LogP contribution is 2.24. The molecule has 2 N–H and O–H groups in total. The Kier molecular flexibility index (Phi) is 4.53. The van der Waals surface area contributed by atoms with Crippen LogP contribution in [0.25, 0.3) is 21.7 Å². The lowest BCUT2D eigenvalue weighted by atomic mass is 10.00. The van der Waals surface area contributed by atoms with E-state index in [0.29, 0.717) is 10.9 Å². The van der Waals surface area contributed by atoms with Crippen molar-refractivity contribution < 1.29 is 4.79 Å². The highest BCUT2D eigenvalue weighted by Gasteiger charge is 2.15. The van der Waals surface area contributed by atoms with Crippen molar-refractivity contribution in [2.75, 3.05) is 0 Å². The first-order valence-electron chi connectivity index (χ1n) is 9.03. The molecule has 0 aliphatic carbocycles. The molecule has 4 rings (SSSR count). The van der Waals surface area contributed by atoms with Gasteiger partial charge in [-0.2, -0.15) is 0 Å². The zero-order chi connectivity index (χ0) is 19.7. The lowest BCUT2D eigenvalue weighted by molar-refractivity contribution is -0.122. The van der Waals surface area contributed by atoms with Crippen LogP contribution in [-0.4, -0.2) is 15.5 Å². The zero-order valence-electron chi connectivity index (χ0n) is 15.3. The predicted molar refractivity (Wildman–Crippen MR) is 109 cm³/mol. The molecule has 1 unspecified atom stereocenters. The number of hydrogen-bond donors (Lipinski definition) is 2. The van der Waals surface area contributed by atoms with E-state index in [4.69, 9.17) is 0 Å². The summed E-state index contributed by atoms with van der Waals surface area (Å²) in [5.74, 6) is -0.306. The largest absolute Gasteiger partial charge is 0.348 e. The molecule has 1 aromatic heterocycles. The number of benzene rings is 3. The summed E-state index contributed by atoms with van der Waals surface area (Å²) >= 11 is 0. The average Bonchev–Trinajstić information content (AvgIpc) is 2.70. The summed E-state index contributed by atoms with van der Waals surface area (Å²) in [6, 6.07) is 20.5. The van der Waals surface area contributed by atoms with Crippen molar-refractivity contribution in [1.29, 1.82) is 0 Å². The van der Waals surface area contributed by atoms with Crippen molar-refractivity contribution in [2.45, 2.75) is 19.5 Å². The van der Waals surface area contributed by atoms with E-state index in [0.717, 1.165) is 16.3 Å². The maximum Gasteiger partial charge on any atom is 0.329 e. The average molecular weight is 373 g/mol. The number of fused-ring (bicyclic) bond motifs is 2. The minimum Gasteiger partial charge on any atom is -0.348 e. The van der Waals surface area contributed by atoms with Crippen LogP contribution in [0.5, 0.6) is 0 Å². The molecule has 1 heterocycles. The van der Waals surface area contributed by atoms with Gasteiger partial charge in [-0.05, 0) is 35.4 Å². The molecule has 1 atom stereocenters. The second kappa shape index (κ2) is 7.15. The Labute approximate surface area is 160 Å². The fourth-order valence-electron chi connectivity index (χ4n) is 3.54. The molecule has 0 saturated heterocycles. The Balaban J connectivity index is 1.63. The molecular formula is C22H19N3O3. The first kappa shape index (κ1) is 17.7. The first-order valence-corrected chi connectivity index (χ1v) is 9.03. The Hall–Kier alpha value is -3.67. The minimum absolute atomic E-state index is 0.175. The maximum absolute atomic E-state index is 12.7.